The van der Waals surface area contributed by atoms with Crippen molar-refractivity contribution in [1.82, 2.24) is 0 Å². The molecule has 0 saturated carbocycles. The van der Waals surface area contributed by atoms with Gasteiger partial charge in [0.05, 0.1) is 7.11 Å². The van der Waals surface area contributed by atoms with Gasteiger partial charge in [-0.3, -0.25) is 0 Å². The molecule has 1 aliphatic rings. The second kappa shape index (κ2) is 3.76. The fourth-order valence-electron chi connectivity index (χ4n) is 2.49. The lowest BCUT2D eigenvalue weighted by molar-refractivity contribution is 0.406. The summed E-state index contributed by atoms with van der Waals surface area (Å²) in [5.74, 6) is 1.57. The highest BCUT2D eigenvalue weighted by atomic mass is 16.5. The number of hydrogen-bond donors (Lipinski definition) is 1. The van der Waals surface area contributed by atoms with Crippen LogP contribution in [0.4, 0.5) is 5.69 Å². The first kappa shape index (κ1) is 10.3. The molecule has 0 aliphatic carbocycles. The van der Waals surface area contributed by atoms with Crippen LogP contribution in [0, 0.1) is 6.92 Å². The number of hydrogen-bond acceptors (Lipinski definition) is 2. The van der Waals surface area contributed by atoms with E-state index in [2.05, 4.69) is 32.2 Å². The van der Waals surface area contributed by atoms with Gasteiger partial charge >= 0.3 is 0 Å². The maximum Gasteiger partial charge on any atom is 0.123 e. The molecule has 1 heterocycles. The average molecular weight is 205 g/mol. The zero-order chi connectivity index (χ0) is 11.0. The standard InChI is InChI=1S/C13H19NO/c1-8(2)12-10-5-6-14-13(10)9(3)7-11(12)15-4/h7-8,14H,5-6H2,1-4H3. The van der Waals surface area contributed by atoms with Crippen LogP contribution in [0.3, 0.4) is 0 Å². The van der Waals surface area contributed by atoms with Crippen LogP contribution in [0.15, 0.2) is 6.07 Å². The Bertz CT molecular complexity index is 383. The lowest BCUT2D eigenvalue weighted by atomic mass is 9.92. The maximum absolute atomic E-state index is 5.48. The summed E-state index contributed by atoms with van der Waals surface area (Å²) in [6, 6.07) is 2.15. The zero-order valence-corrected chi connectivity index (χ0v) is 9.98. The van der Waals surface area contributed by atoms with Gasteiger partial charge < -0.3 is 10.1 Å². The van der Waals surface area contributed by atoms with Gasteiger partial charge in [0, 0.05) is 17.8 Å². The molecule has 0 radical (unpaired) electrons. The smallest absolute Gasteiger partial charge is 0.123 e. The van der Waals surface area contributed by atoms with Crippen molar-refractivity contribution in [2.45, 2.75) is 33.1 Å². The molecule has 0 atom stereocenters. The van der Waals surface area contributed by atoms with Gasteiger partial charge in [0.15, 0.2) is 0 Å². The summed E-state index contributed by atoms with van der Waals surface area (Å²) in [5.41, 5.74) is 5.47. The third-order valence-corrected chi connectivity index (χ3v) is 3.11. The molecule has 0 aromatic heterocycles. The van der Waals surface area contributed by atoms with Crippen molar-refractivity contribution in [3.63, 3.8) is 0 Å². The Morgan fingerprint density at radius 3 is 2.73 bits per heavy atom. The Labute approximate surface area is 91.6 Å². The van der Waals surface area contributed by atoms with Crippen molar-refractivity contribution < 1.29 is 4.74 Å². The Morgan fingerprint density at radius 2 is 2.13 bits per heavy atom. The number of aryl methyl sites for hydroxylation is 1. The van der Waals surface area contributed by atoms with Gasteiger partial charge in [-0.1, -0.05) is 13.8 Å². The molecule has 1 aromatic carbocycles. The molecule has 1 N–H and O–H groups in total. The molecule has 15 heavy (non-hydrogen) atoms. The van der Waals surface area contributed by atoms with E-state index < -0.39 is 0 Å². The Hall–Kier alpha value is -1.18. The number of methoxy groups -OCH3 is 1. The van der Waals surface area contributed by atoms with E-state index in [-0.39, 0.29) is 0 Å². The van der Waals surface area contributed by atoms with E-state index in [0.717, 1.165) is 18.7 Å². The number of rotatable bonds is 2. The molecule has 2 heteroatoms. The lowest BCUT2D eigenvalue weighted by Crippen LogP contribution is -2.00. The minimum atomic E-state index is 0.522. The summed E-state index contributed by atoms with van der Waals surface area (Å²) in [6.07, 6.45) is 1.13. The van der Waals surface area contributed by atoms with Crippen LogP contribution in [-0.2, 0) is 6.42 Å². The van der Waals surface area contributed by atoms with E-state index in [1.54, 1.807) is 7.11 Å². The second-order valence-corrected chi connectivity index (χ2v) is 4.49. The Balaban J connectivity index is 2.65. The molecule has 1 aromatic rings. The van der Waals surface area contributed by atoms with E-state index in [0.29, 0.717) is 5.92 Å². The van der Waals surface area contributed by atoms with Crippen LogP contribution in [0.1, 0.15) is 36.5 Å². The predicted octanol–water partition coefficient (Wildman–Crippen LogP) is 3.10. The number of anilines is 1. The van der Waals surface area contributed by atoms with Crippen LogP contribution in [0.25, 0.3) is 0 Å². The van der Waals surface area contributed by atoms with Gasteiger partial charge in [0.25, 0.3) is 0 Å². The first-order valence-corrected chi connectivity index (χ1v) is 5.59. The highest BCUT2D eigenvalue weighted by molar-refractivity contribution is 5.67. The van der Waals surface area contributed by atoms with E-state index in [1.807, 2.05) is 0 Å². The summed E-state index contributed by atoms with van der Waals surface area (Å²) in [7, 11) is 1.76. The monoisotopic (exact) mass is 205 g/mol. The third-order valence-electron chi connectivity index (χ3n) is 3.11. The van der Waals surface area contributed by atoms with Crippen LogP contribution < -0.4 is 10.1 Å². The molecule has 0 amide bonds. The number of nitrogens with one attached hydrogen (secondary N) is 1. The van der Waals surface area contributed by atoms with Gasteiger partial charge in [-0.15, -0.1) is 0 Å². The van der Waals surface area contributed by atoms with Gasteiger partial charge in [-0.25, -0.2) is 0 Å². The largest absolute Gasteiger partial charge is 0.496 e. The molecule has 0 fully saturated rings. The molecule has 2 nitrogen and oxygen atoms in total. The SMILES string of the molecule is COc1cc(C)c2c(c1C(C)C)CCN2. The summed E-state index contributed by atoms with van der Waals surface area (Å²) in [5, 5.41) is 3.46. The van der Waals surface area contributed by atoms with Crippen LogP contribution in [0.5, 0.6) is 5.75 Å². The minimum absolute atomic E-state index is 0.522. The summed E-state index contributed by atoms with van der Waals surface area (Å²) in [6.45, 7) is 7.66. The first-order chi connectivity index (χ1) is 7.15. The van der Waals surface area contributed by atoms with E-state index in [1.165, 1.54) is 22.4 Å². The number of fused-ring (bicyclic) bond motifs is 1. The molecular weight excluding hydrogens is 186 g/mol. The van der Waals surface area contributed by atoms with E-state index in [9.17, 15) is 0 Å². The zero-order valence-electron chi connectivity index (χ0n) is 9.98. The lowest BCUT2D eigenvalue weighted by Gasteiger charge is -2.18. The summed E-state index contributed by atoms with van der Waals surface area (Å²) < 4.78 is 5.48. The van der Waals surface area contributed by atoms with Crippen molar-refractivity contribution in [1.29, 1.82) is 0 Å². The maximum atomic E-state index is 5.48. The van der Waals surface area contributed by atoms with Crippen LogP contribution in [0.2, 0.25) is 0 Å². The van der Waals surface area contributed by atoms with Crippen molar-refractivity contribution in [3.8, 4) is 5.75 Å². The van der Waals surface area contributed by atoms with Gasteiger partial charge in [-0.2, -0.15) is 0 Å². The fraction of sp³-hybridized carbons (Fsp3) is 0.538. The molecule has 0 spiro atoms. The first-order valence-electron chi connectivity index (χ1n) is 5.59. The number of benzene rings is 1. The third kappa shape index (κ3) is 1.58. The fourth-order valence-corrected chi connectivity index (χ4v) is 2.49. The van der Waals surface area contributed by atoms with Gasteiger partial charge in [0.1, 0.15) is 5.75 Å². The van der Waals surface area contributed by atoms with E-state index >= 15 is 0 Å². The summed E-state index contributed by atoms with van der Waals surface area (Å²) in [4.78, 5) is 0. The van der Waals surface area contributed by atoms with E-state index in [4.69, 9.17) is 4.74 Å². The molecule has 0 unspecified atom stereocenters. The molecular formula is C13H19NO. The molecule has 82 valence electrons. The van der Waals surface area contributed by atoms with Crippen LogP contribution >= 0.6 is 0 Å². The van der Waals surface area contributed by atoms with Crippen molar-refractivity contribution in [3.05, 3.63) is 22.8 Å². The molecule has 2 rings (SSSR count). The second-order valence-electron chi connectivity index (χ2n) is 4.49. The molecule has 0 saturated heterocycles. The molecule has 1 aliphatic heterocycles. The minimum Gasteiger partial charge on any atom is -0.496 e. The summed E-state index contributed by atoms with van der Waals surface area (Å²) >= 11 is 0. The highest BCUT2D eigenvalue weighted by Crippen LogP contribution is 2.39. The van der Waals surface area contributed by atoms with Gasteiger partial charge in [0.2, 0.25) is 0 Å². The van der Waals surface area contributed by atoms with Gasteiger partial charge in [-0.05, 0) is 36.5 Å². The Morgan fingerprint density at radius 1 is 1.40 bits per heavy atom. The topological polar surface area (TPSA) is 21.3 Å². The average Bonchev–Trinajstić information content (AvgIpc) is 2.65. The van der Waals surface area contributed by atoms with Crippen molar-refractivity contribution in [2.24, 2.45) is 0 Å². The van der Waals surface area contributed by atoms with Crippen LogP contribution in [-0.4, -0.2) is 13.7 Å². The molecule has 0 bridgehead atoms. The predicted molar refractivity (Wildman–Crippen MR) is 64.0 cm³/mol. The normalized spacial score (nSPS) is 13.9. The Kier molecular flexibility index (Phi) is 2.59. The highest BCUT2D eigenvalue weighted by Gasteiger charge is 2.22. The van der Waals surface area contributed by atoms with Crippen molar-refractivity contribution >= 4 is 5.69 Å². The number of ether oxygens (including phenoxy) is 1. The quantitative estimate of drug-likeness (QED) is 0.801. The van der Waals surface area contributed by atoms with Crippen molar-refractivity contribution in [2.75, 3.05) is 19.0 Å².